The topological polar surface area (TPSA) is 117 Å². The number of carboxylic acids is 1. The van der Waals surface area contributed by atoms with Crippen LogP contribution in [0.1, 0.15) is 26.2 Å². The predicted octanol–water partition coefficient (Wildman–Crippen LogP) is 0.983. The van der Waals surface area contributed by atoms with E-state index in [1.54, 1.807) is 31.3 Å². The molecule has 0 aliphatic rings. The second-order valence-corrected chi connectivity index (χ2v) is 5.46. The van der Waals surface area contributed by atoms with E-state index in [9.17, 15) is 14.4 Å². The van der Waals surface area contributed by atoms with Crippen LogP contribution in [-0.2, 0) is 14.4 Å². The minimum absolute atomic E-state index is 0.00675. The number of unbranched alkanes of at least 4 members (excludes halogenated alkanes) is 1. The first kappa shape index (κ1) is 20.4. The van der Waals surface area contributed by atoms with Gasteiger partial charge in [0.1, 0.15) is 11.8 Å². The summed E-state index contributed by atoms with van der Waals surface area (Å²) in [5, 5.41) is 16.5. The molecule has 1 atom stereocenters. The van der Waals surface area contributed by atoms with E-state index < -0.39 is 30.2 Å². The number of hydrogen-bond donors (Lipinski definition) is 4. The first-order valence-electron chi connectivity index (χ1n) is 8.15. The first-order chi connectivity index (χ1) is 12.0. The molecule has 0 spiro atoms. The third-order valence-corrected chi connectivity index (χ3v) is 3.26. The maximum absolute atomic E-state index is 12.2. The van der Waals surface area contributed by atoms with Crippen molar-refractivity contribution in [2.45, 2.75) is 32.2 Å². The van der Waals surface area contributed by atoms with E-state index in [2.05, 4.69) is 22.9 Å². The Balaban J connectivity index is 2.65. The molecule has 0 aliphatic heterocycles. The van der Waals surface area contributed by atoms with E-state index in [1.165, 1.54) is 0 Å². The standard InChI is InChI=1S/C17H25N3O5/c1-3-4-9-25-13-7-5-12(6-8-13)19-17(24)14(10-16(22)23)20-15(21)11-18-2/h5-8,14,18H,3-4,9-11H2,1-2H3,(H,19,24)(H,20,21)(H,22,23)/t14-/m0/s1. The zero-order valence-electron chi connectivity index (χ0n) is 14.5. The summed E-state index contributed by atoms with van der Waals surface area (Å²) in [6, 6.07) is 5.60. The van der Waals surface area contributed by atoms with Crippen LogP contribution in [0.25, 0.3) is 0 Å². The smallest absolute Gasteiger partial charge is 0.305 e. The summed E-state index contributed by atoms with van der Waals surface area (Å²) >= 11 is 0. The molecule has 0 heterocycles. The molecule has 0 aromatic heterocycles. The van der Waals surface area contributed by atoms with E-state index in [4.69, 9.17) is 9.84 Å². The lowest BCUT2D eigenvalue weighted by Gasteiger charge is -2.17. The quantitative estimate of drug-likeness (QED) is 0.442. The van der Waals surface area contributed by atoms with Gasteiger partial charge in [-0.05, 0) is 37.7 Å². The van der Waals surface area contributed by atoms with Gasteiger partial charge in [0.05, 0.1) is 19.6 Å². The molecule has 0 unspecified atom stereocenters. The van der Waals surface area contributed by atoms with Crippen molar-refractivity contribution >= 4 is 23.5 Å². The number of amides is 2. The Labute approximate surface area is 146 Å². The van der Waals surface area contributed by atoms with Crippen molar-refractivity contribution in [1.29, 1.82) is 0 Å². The average molecular weight is 351 g/mol. The molecule has 4 N–H and O–H groups in total. The van der Waals surface area contributed by atoms with Gasteiger partial charge in [-0.1, -0.05) is 13.3 Å². The number of aliphatic carboxylic acids is 1. The highest BCUT2D eigenvalue weighted by Gasteiger charge is 2.23. The number of ether oxygens (including phenoxy) is 1. The van der Waals surface area contributed by atoms with Crippen LogP contribution in [0.3, 0.4) is 0 Å². The van der Waals surface area contributed by atoms with Crippen molar-refractivity contribution in [3.8, 4) is 5.75 Å². The summed E-state index contributed by atoms with van der Waals surface area (Å²) < 4.78 is 5.53. The second-order valence-electron chi connectivity index (χ2n) is 5.46. The number of benzene rings is 1. The average Bonchev–Trinajstić information content (AvgIpc) is 2.56. The van der Waals surface area contributed by atoms with Gasteiger partial charge in [0.2, 0.25) is 11.8 Å². The molecule has 138 valence electrons. The van der Waals surface area contributed by atoms with E-state index in [-0.39, 0.29) is 6.54 Å². The molecule has 0 saturated carbocycles. The fraction of sp³-hybridized carbons (Fsp3) is 0.471. The van der Waals surface area contributed by atoms with E-state index in [0.29, 0.717) is 18.0 Å². The molecule has 8 nitrogen and oxygen atoms in total. The van der Waals surface area contributed by atoms with Gasteiger partial charge in [-0.2, -0.15) is 0 Å². The number of carboxylic acid groups (broad SMARTS) is 1. The van der Waals surface area contributed by atoms with Crippen molar-refractivity contribution in [3.63, 3.8) is 0 Å². The van der Waals surface area contributed by atoms with Crippen molar-refractivity contribution in [1.82, 2.24) is 10.6 Å². The van der Waals surface area contributed by atoms with Crippen molar-refractivity contribution in [2.75, 3.05) is 25.5 Å². The van der Waals surface area contributed by atoms with Gasteiger partial charge in [0, 0.05) is 5.69 Å². The number of carbonyl (C=O) groups is 3. The molecule has 0 aliphatic carbocycles. The normalized spacial score (nSPS) is 11.4. The lowest BCUT2D eigenvalue weighted by Crippen LogP contribution is -2.47. The second kappa shape index (κ2) is 11.0. The Morgan fingerprint density at radius 2 is 1.88 bits per heavy atom. The predicted molar refractivity (Wildman–Crippen MR) is 93.6 cm³/mol. The van der Waals surface area contributed by atoms with Crippen LogP contribution in [0.15, 0.2) is 24.3 Å². The number of hydrogen-bond acceptors (Lipinski definition) is 5. The Hall–Kier alpha value is -2.61. The zero-order chi connectivity index (χ0) is 18.7. The number of anilines is 1. The van der Waals surface area contributed by atoms with Gasteiger partial charge < -0.3 is 25.8 Å². The summed E-state index contributed by atoms with van der Waals surface area (Å²) in [4.78, 5) is 34.8. The van der Waals surface area contributed by atoms with Crippen molar-refractivity contribution in [3.05, 3.63) is 24.3 Å². The van der Waals surface area contributed by atoms with Gasteiger partial charge in [-0.3, -0.25) is 14.4 Å². The molecule has 2 amide bonds. The molecule has 25 heavy (non-hydrogen) atoms. The molecule has 0 radical (unpaired) electrons. The monoisotopic (exact) mass is 351 g/mol. The molecule has 0 fully saturated rings. The van der Waals surface area contributed by atoms with Gasteiger partial charge in [0.15, 0.2) is 0 Å². The number of likely N-dealkylation sites (N-methyl/N-ethyl adjacent to an activating group) is 1. The van der Waals surface area contributed by atoms with Crippen LogP contribution in [0, 0.1) is 0 Å². The maximum Gasteiger partial charge on any atom is 0.305 e. The van der Waals surface area contributed by atoms with Crippen LogP contribution >= 0.6 is 0 Å². The van der Waals surface area contributed by atoms with E-state index >= 15 is 0 Å². The molecular formula is C17H25N3O5. The Kier molecular flexibility index (Phi) is 9.02. The molecule has 1 aromatic rings. The van der Waals surface area contributed by atoms with Crippen LogP contribution in [0.2, 0.25) is 0 Å². The number of rotatable bonds is 11. The Bertz CT molecular complexity index is 574. The highest BCUT2D eigenvalue weighted by molar-refractivity contribution is 5.99. The minimum atomic E-state index is -1.18. The summed E-state index contributed by atoms with van der Waals surface area (Å²) in [5.74, 6) is -1.53. The van der Waals surface area contributed by atoms with Gasteiger partial charge in [0.25, 0.3) is 0 Å². The van der Waals surface area contributed by atoms with E-state index in [1.807, 2.05) is 0 Å². The molecule has 8 heteroatoms. The van der Waals surface area contributed by atoms with Crippen LogP contribution < -0.4 is 20.7 Å². The highest BCUT2D eigenvalue weighted by atomic mass is 16.5. The Morgan fingerprint density at radius 1 is 1.20 bits per heavy atom. The van der Waals surface area contributed by atoms with Gasteiger partial charge >= 0.3 is 5.97 Å². The Morgan fingerprint density at radius 3 is 2.44 bits per heavy atom. The van der Waals surface area contributed by atoms with Crippen LogP contribution in [0.4, 0.5) is 5.69 Å². The summed E-state index contributed by atoms with van der Waals surface area (Å²) in [6.07, 6.45) is 1.50. The molecule has 1 aromatic carbocycles. The third-order valence-electron chi connectivity index (χ3n) is 3.26. The fourth-order valence-electron chi connectivity index (χ4n) is 1.99. The van der Waals surface area contributed by atoms with Gasteiger partial charge in [-0.25, -0.2) is 0 Å². The van der Waals surface area contributed by atoms with Crippen molar-refractivity contribution in [2.24, 2.45) is 0 Å². The first-order valence-corrected chi connectivity index (χ1v) is 8.15. The lowest BCUT2D eigenvalue weighted by molar-refractivity contribution is -0.139. The number of nitrogens with one attached hydrogen (secondary N) is 3. The minimum Gasteiger partial charge on any atom is -0.494 e. The summed E-state index contributed by atoms with van der Waals surface area (Å²) in [6.45, 7) is 2.69. The zero-order valence-corrected chi connectivity index (χ0v) is 14.5. The fourth-order valence-corrected chi connectivity index (χ4v) is 1.99. The van der Waals surface area contributed by atoms with Crippen LogP contribution in [-0.4, -0.2) is 49.1 Å². The third kappa shape index (κ3) is 8.16. The molecule has 0 bridgehead atoms. The highest BCUT2D eigenvalue weighted by Crippen LogP contribution is 2.16. The molecular weight excluding hydrogens is 326 g/mol. The van der Waals surface area contributed by atoms with Gasteiger partial charge in [-0.15, -0.1) is 0 Å². The lowest BCUT2D eigenvalue weighted by atomic mass is 10.1. The summed E-state index contributed by atoms with van der Waals surface area (Å²) in [7, 11) is 1.58. The molecule has 1 rings (SSSR count). The summed E-state index contributed by atoms with van der Waals surface area (Å²) in [5.41, 5.74) is 0.492. The largest absolute Gasteiger partial charge is 0.494 e. The SMILES string of the molecule is CCCCOc1ccc(NC(=O)[C@H](CC(=O)O)NC(=O)CNC)cc1. The van der Waals surface area contributed by atoms with Crippen molar-refractivity contribution < 1.29 is 24.2 Å². The van der Waals surface area contributed by atoms with E-state index in [0.717, 1.165) is 12.8 Å². The molecule has 0 saturated heterocycles. The maximum atomic E-state index is 12.2. The van der Waals surface area contributed by atoms with Crippen LogP contribution in [0.5, 0.6) is 5.75 Å². The number of carbonyl (C=O) groups excluding carboxylic acids is 2.